The van der Waals surface area contributed by atoms with Crippen LogP contribution in [0.1, 0.15) is 48.0 Å². The van der Waals surface area contributed by atoms with Gasteiger partial charge in [-0.05, 0) is 30.1 Å². The molecule has 0 aromatic rings. The third-order valence-electron chi connectivity index (χ3n) is 3.04. The first kappa shape index (κ1) is 16.0. The molecule has 0 aromatic heterocycles. The quantitative estimate of drug-likeness (QED) is 0.402. The summed E-state index contributed by atoms with van der Waals surface area (Å²) in [7, 11) is 0. The van der Waals surface area contributed by atoms with Gasteiger partial charge in [0.25, 0.3) is 0 Å². The maximum absolute atomic E-state index is 11.3. The molecule has 0 aromatic carbocycles. The molecule has 0 saturated heterocycles. The fourth-order valence-corrected chi connectivity index (χ4v) is 2.21. The third-order valence-corrected chi connectivity index (χ3v) is 3.04. The lowest BCUT2D eigenvalue weighted by molar-refractivity contribution is -0.149. The maximum Gasteiger partial charge on any atom is 0.384 e. The van der Waals surface area contributed by atoms with Crippen molar-refractivity contribution in [2.75, 3.05) is 0 Å². The molecular weight excluding hydrogens is 212 g/mol. The SMILES string of the molecule is C#CC(=O)OC(C(C)C)C(CC(C)C)C(C)C. The van der Waals surface area contributed by atoms with Crippen LogP contribution in [0.15, 0.2) is 0 Å². The van der Waals surface area contributed by atoms with Crippen LogP contribution in [0.4, 0.5) is 0 Å². The number of ether oxygens (including phenoxy) is 1. The van der Waals surface area contributed by atoms with Crippen molar-refractivity contribution in [3.8, 4) is 12.3 Å². The van der Waals surface area contributed by atoms with Crippen LogP contribution >= 0.6 is 0 Å². The number of esters is 1. The van der Waals surface area contributed by atoms with Gasteiger partial charge in [0.1, 0.15) is 6.10 Å². The van der Waals surface area contributed by atoms with Crippen molar-refractivity contribution < 1.29 is 9.53 Å². The van der Waals surface area contributed by atoms with E-state index in [2.05, 4.69) is 41.5 Å². The highest BCUT2D eigenvalue weighted by molar-refractivity contribution is 5.87. The zero-order chi connectivity index (χ0) is 13.6. The van der Waals surface area contributed by atoms with Crippen LogP contribution in [0.3, 0.4) is 0 Å². The van der Waals surface area contributed by atoms with Gasteiger partial charge in [0, 0.05) is 5.92 Å². The Labute approximate surface area is 106 Å². The van der Waals surface area contributed by atoms with Crippen molar-refractivity contribution in [3.05, 3.63) is 0 Å². The third kappa shape index (κ3) is 5.77. The predicted molar refractivity (Wildman–Crippen MR) is 71.3 cm³/mol. The van der Waals surface area contributed by atoms with Crippen LogP contribution < -0.4 is 0 Å². The minimum absolute atomic E-state index is 0.0825. The van der Waals surface area contributed by atoms with Gasteiger partial charge in [-0.2, -0.15) is 0 Å². The van der Waals surface area contributed by atoms with E-state index in [-0.39, 0.29) is 6.10 Å². The topological polar surface area (TPSA) is 26.3 Å². The Balaban J connectivity index is 4.84. The summed E-state index contributed by atoms with van der Waals surface area (Å²) in [6.07, 6.45) is 6.04. The number of rotatable bonds is 6. The van der Waals surface area contributed by atoms with Gasteiger partial charge in [0.15, 0.2) is 0 Å². The smallest absolute Gasteiger partial charge is 0.384 e. The van der Waals surface area contributed by atoms with Crippen molar-refractivity contribution in [3.63, 3.8) is 0 Å². The van der Waals surface area contributed by atoms with Gasteiger partial charge < -0.3 is 4.74 Å². The molecule has 0 heterocycles. The van der Waals surface area contributed by atoms with Gasteiger partial charge in [-0.3, -0.25) is 0 Å². The summed E-state index contributed by atoms with van der Waals surface area (Å²) in [4.78, 5) is 11.3. The number of terminal acetylenes is 1. The summed E-state index contributed by atoms with van der Waals surface area (Å²) in [6, 6.07) is 0. The lowest BCUT2D eigenvalue weighted by Crippen LogP contribution is -2.35. The standard InChI is InChI=1S/C15H26O2/c1-8-14(16)17-15(12(6)7)13(11(4)5)9-10(2)3/h1,10-13,15H,9H2,2-7H3. The molecule has 0 bridgehead atoms. The van der Waals surface area contributed by atoms with Crippen molar-refractivity contribution in [2.45, 2.75) is 54.1 Å². The summed E-state index contributed by atoms with van der Waals surface area (Å²) in [5, 5.41) is 0. The molecule has 0 rings (SSSR count). The fourth-order valence-electron chi connectivity index (χ4n) is 2.21. The van der Waals surface area contributed by atoms with E-state index in [4.69, 9.17) is 11.2 Å². The largest absolute Gasteiger partial charge is 0.452 e. The average Bonchev–Trinajstić information content (AvgIpc) is 2.21. The number of hydrogen-bond acceptors (Lipinski definition) is 2. The van der Waals surface area contributed by atoms with Crippen LogP contribution in [0.25, 0.3) is 0 Å². The molecule has 0 amide bonds. The van der Waals surface area contributed by atoms with E-state index in [0.717, 1.165) is 6.42 Å². The Morgan fingerprint density at radius 2 is 1.65 bits per heavy atom. The Hall–Kier alpha value is -0.970. The van der Waals surface area contributed by atoms with E-state index >= 15 is 0 Å². The zero-order valence-corrected chi connectivity index (χ0v) is 12.0. The molecule has 17 heavy (non-hydrogen) atoms. The Morgan fingerprint density at radius 1 is 1.12 bits per heavy atom. The highest BCUT2D eigenvalue weighted by Gasteiger charge is 2.30. The van der Waals surface area contributed by atoms with Gasteiger partial charge >= 0.3 is 5.97 Å². The molecule has 0 aliphatic heterocycles. The summed E-state index contributed by atoms with van der Waals surface area (Å²) in [6.45, 7) is 12.9. The van der Waals surface area contributed by atoms with E-state index in [9.17, 15) is 4.79 Å². The summed E-state index contributed by atoms with van der Waals surface area (Å²) in [5.41, 5.74) is 0. The second kappa shape index (κ2) is 7.37. The van der Waals surface area contributed by atoms with Crippen LogP contribution in [0, 0.1) is 36.0 Å². The van der Waals surface area contributed by atoms with Crippen molar-refractivity contribution in [1.82, 2.24) is 0 Å². The fraction of sp³-hybridized carbons (Fsp3) is 0.800. The lowest BCUT2D eigenvalue weighted by Gasteiger charge is -2.33. The Kier molecular flexibility index (Phi) is 6.95. The molecule has 0 spiro atoms. The van der Waals surface area contributed by atoms with Crippen molar-refractivity contribution in [1.29, 1.82) is 0 Å². The average molecular weight is 238 g/mol. The molecule has 0 aliphatic carbocycles. The minimum atomic E-state index is -0.543. The molecule has 2 heteroatoms. The normalized spacial score (nSPS) is 14.8. The molecule has 2 nitrogen and oxygen atoms in total. The Bertz CT molecular complexity index is 271. The summed E-state index contributed by atoms with van der Waals surface area (Å²) in [5.74, 6) is 3.22. The maximum atomic E-state index is 11.3. The number of hydrogen-bond donors (Lipinski definition) is 0. The summed E-state index contributed by atoms with van der Waals surface area (Å²) >= 11 is 0. The van der Waals surface area contributed by atoms with Gasteiger partial charge in [-0.25, -0.2) is 4.79 Å². The molecule has 0 fully saturated rings. The predicted octanol–water partition coefficient (Wildman–Crippen LogP) is 3.51. The van der Waals surface area contributed by atoms with Gasteiger partial charge in [0.05, 0.1) is 0 Å². The summed E-state index contributed by atoms with van der Waals surface area (Å²) < 4.78 is 5.41. The van der Waals surface area contributed by atoms with Crippen LogP contribution in [-0.2, 0) is 9.53 Å². The first-order chi connectivity index (χ1) is 7.79. The molecule has 0 radical (unpaired) electrons. The first-order valence-corrected chi connectivity index (χ1v) is 6.46. The second-order valence-corrected chi connectivity index (χ2v) is 5.80. The van der Waals surface area contributed by atoms with Gasteiger partial charge in [0.2, 0.25) is 0 Å². The highest BCUT2D eigenvalue weighted by Crippen LogP contribution is 2.29. The molecule has 2 atom stereocenters. The zero-order valence-electron chi connectivity index (χ0n) is 12.0. The van der Waals surface area contributed by atoms with Crippen LogP contribution in [0.2, 0.25) is 0 Å². The molecule has 0 saturated carbocycles. The van der Waals surface area contributed by atoms with Gasteiger partial charge in [-0.1, -0.05) is 41.5 Å². The van der Waals surface area contributed by atoms with Crippen LogP contribution in [0.5, 0.6) is 0 Å². The molecule has 0 aliphatic rings. The van der Waals surface area contributed by atoms with E-state index in [0.29, 0.717) is 23.7 Å². The van der Waals surface area contributed by atoms with Crippen LogP contribution in [-0.4, -0.2) is 12.1 Å². The number of carbonyl (C=O) groups is 1. The highest BCUT2D eigenvalue weighted by atomic mass is 16.5. The second-order valence-electron chi connectivity index (χ2n) is 5.80. The van der Waals surface area contributed by atoms with E-state index in [1.807, 2.05) is 5.92 Å². The van der Waals surface area contributed by atoms with Crippen molar-refractivity contribution in [2.24, 2.45) is 23.7 Å². The van der Waals surface area contributed by atoms with E-state index in [1.54, 1.807) is 0 Å². The molecule has 98 valence electrons. The molecule has 2 unspecified atom stereocenters. The Morgan fingerprint density at radius 3 is 1.94 bits per heavy atom. The molecular formula is C15H26O2. The monoisotopic (exact) mass is 238 g/mol. The van der Waals surface area contributed by atoms with Gasteiger partial charge in [-0.15, -0.1) is 6.42 Å². The van der Waals surface area contributed by atoms with Crippen molar-refractivity contribution >= 4 is 5.97 Å². The van der Waals surface area contributed by atoms with E-state index in [1.165, 1.54) is 0 Å². The number of carbonyl (C=O) groups excluding carboxylic acids is 1. The molecule has 0 N–H and O–H groups in total. The first-order valence-electron chi connectivity index (χ1n) is 6.46. The minimum Gasteiger partial charge on any atom is -0.452 e. The van der Waals surface area contributed by atoms with E-state index < -0.39 is 5.97 Å². The lowest BCUT2D eigenvalue weighted by atomic mass is 9.79.